The van der Waals surface area contributed by atoms with Crippen molar-refractivity contribution in [3.63, 3.8) is 0 Å². The Bertz CT molecular complexity index is 910. The van der Waals surface area contributed by atoms with E-state index in [-0.39, 0.29) is 17.1 Å². The molecule has 1 aliphatic rings. The first-order chi connectivity index (χ1) is 13.9. The minimum atomic E-state index is 0.0545. The molecule has 0 radical (unpaired) electrons. The quantitative estimate of drug-likeness (QED) is 0.380. The van der Waals surface area contributed by atoms with Crippen LogP contribution in [0.25, 0.3) is 0 Å². The normalized spacial score (nSPS) is 12.0. The van der Waals surface area contributed by atoms with Crippen molar-refractivity contribution in [1.82, 2.24) is 0 Å². The standard InChI is InChI=1S/C21H22N2O4S2/c1-13-10-17(26-8-4-6-14(2)24)19-20(18(13)27-9-5-7-15(3)25)29-21(28-19)16(11-22)12-23/h10H,4-9H2,1-3H3. The largest absolute Gasteiger partial charge is 0.492 e. The van der Waals surface area contributed by atoms with E-state index >= 15 is 0 Å². The van der Waals surface area contributed by atoms with E-state index in [1.807, 2.05) is 25.1 Å². The van der Waals surface area contributed by atoms with Gasteiger partial charge in [0.15, 0.2) is 0 Å². The second-order valence-electron chi connectivity index (χ2n) is 6.58. The van der Waals surface area contributed by atoms with Crippen LogP contribution in [0.5, 0.6) is 11.5 Å². The lowest BCUT2D eigenvalue weighted by Gasteiger charge is -2.16. The number of ketones is 2. The molecule has 0 bridgehead atoms. The number of aryl methyl sites for hydroxylation is 1. The topological polar surface area (TPSA) is 100 Å². The number of nitrogens with zero attached hydrogens (tertiary/aromatic N) is 2. The molecule has 1 aliphatic heterocycles. The summed E-state index contributed by atoms with van der Waals surface area (Å²) in [5.74, 6) is 1.57. The summed E-state index contributed by atoms with van der Waals surface area (Å²) in [7, 11) is 0. The Kier molecular flexibility index (Phi) is 8.63. The summed E-state index contributed by atoms with van der Waals surface area (Å²) in [6.45, 7) is 5.81. The van der Waals surface area contributed by atoms with Gasteiger partial charge in [-0.1, -0.05) is 23.5 Å². The first-order valence-corrected chi connectivity index (χ1v) is 10.8. The first kappa shape index (κ1) is 22.9. The molecular weight excluding hydrogens is 408 g/mol. The zero-order valence-electron chi connectivity index (χ0n) is 16.7. The Balaban J connectivity index is 2.29. The molecule has 0 unspecified atom stereocenters. The number of carbonyl (C=O) groups excluding carboxylic acids is 2. The van der Waals surface area contributed by atoms with Crippen molar-refractivity contribution in [3.8, 4) is 23.6 Å². The molecule has 8 heteroatoms. The highest BCUT2D eigenvalue weighted by atomic mass is 32.2. The predicted octanol–water partition coefficient (Wildman–Crippen LogP) is 4.95. The predicted molar refractivity (Wildman–Crippen MR) is 112 cm³/mol. The van der Waals surface area contributed by atoms with E-state index in [1.54, 1.807) is 13.8 Å². The Morgan fingerprint density at radius 2 is 1.52 bits per heavy atom. The van der Waals surface area contributed by atoms with Gasteiger partial charge in [0, 0.05) is 12.8 Å². The van der Waals surface area contributed by atoms with Gasteiger partial charge in [0.2, 0.25) is 0 Å². The summed E-state index contributed by atoms with van der Waals surface area (Å²) in [5.41, 5.74) is 0.928. The number of nitriles is 2. The zero-order chi connectivity index (χ0) is 21.4. The molecule has 0 N–H and O–H groups in total. The summed E-state index contributed by atoms with van der Waals surface area (Å²) in [4.78, 5) is 23.9. The molecule has 0 aromatic heterocycles. The van der Waals surface area contributed by atoms with Crippen LogP contribution in [0.1, 0.15) is 45.1 Å². The van der Waals surface area contributed by atoms with Crippen molar-refractivity contribution in [1.29, 1.82) is 10.5 Å². The number of hydrogen-bond acceptors (Lipinski definition) is 8. The third-order valence-corrected chi connectivity index (χ3v) is 6.62. The number of fused-ring (bicyclic) bond motifs is 1. The van der Waals surface area contributed by atoms with Crippen molar-refractivity contribution < 1.29 is 19.1 Å². The number of Topliss-reactive ketones (excluding diaryl/α,β-unsaturated/α-hetero) is 2. The summed E-state index contributed by atoms with van der Waals surface area (Å²) in [5, 5.41) is 18.5. The molecule has 1 heterocycles. The SMILES string of the molecule is CC(=O)CCCOc1cc(C)c(OCCCC(C)=O)c2c1SC(=C(C#N)C#N)S2. The Labute approximate surface area is 179 Å². The third-order valence-electron chi connectivity index (χ3n) is 4.01. The molecule has 0 spiro atoms. The van der Waals surface area contributed by atoms with Crippen molar-refractivity contribution in [3.05, 3.63) is 21.4 Å². The highest BCUT2D eigenvalue weighted by Crippen LogP contribution is 2.59. The van der Waals surface area contributed by atoms with Crippen LogP contribution in [0.4, 0.5) is 0 Å². The van der Waals surface area contributed by atoms with Crippen LogP contribution < -0.4 is 9.47 Å². The molecule has 2 rings (SSSR count). The van der Waals surface area contributed by atoms with E-state index in [1.165, 1.54) is 23.5 Å². The van der Waals surface area contributed by atoms with Gasteiger partial charge in [-0.25, -0.2) is 0 Å². The maximum Gasteiger partial charge on any atom is 0.150 e. The number of thioether (sulfide) groups is 2. The van der Waals surface area contributed by atoms with Crippen LogP contribution in [0, 0.1) is 29.6 Å². The molecule has 6 nitrogen and oxygen atoms in total. The van der Waals surface area contributed by atoms with Gasteiger partial charge in [-0.05, 0) is 45.2 Å². The Hall–Kier alpha value is -2.42. The third kappa shape index (κ3) is 6.28. The highest BCUT2D eigenvalue weighted by molar-refractivity contribution is 8.24. The Morgan fingerprint density at radius 1 is 0.966 bits per heavy atom. The lowest BCUT2D eigenvalue weighted by Crippen LogP contribution is -2.05. The molecule has 1 aromatic rings. The van der Waals surface area contributed by atoms with E-state index in [2.05, 4.69) is 0 Å². The van der Waals surface area contributed by atoms with Gasteiger partial charge in [-0.3, -0.25) is 0 Å². The number of benzene rings is 1. The van der Waals surface area contributed by atoms with E-state index in [0.717, 1.165) is 15.4 Å². The van der Waals surface area contributed by atoms with Gasteiger partial charge in [0.05, 0.1) is 27.2 Å². The van der Waals surface area contributed by atoms with Gasteiger partial charge in [0.1, 0.15) is 40.8 Å². The number of ether oxygens (including phenoxy) is 2. The molecule has 0 aliphatic carbocycles. The van der Waals surface area contributed by atoms with Crippen LogP contribution in [-0.2, 0) is 9.59 Å². The lowest BCUT2D eigenvalue weighted by molar-refractivity contribution is -0.118. The van der Waals surface area contributed by atoms with Crippen LogP contribution in [0.15, 0.2) is 25.7 Å². The second kappa shape index (κ2) is 10.9. The average Bonchev–Trinajstić information content (AvgIpc) is 3.09. The first-order valence-electron chi connectivity index (χ1n) is 9.19. The molecule has 1 aromatic carbocycles. The number of rotatable bonds is 10. The van der Waals surface area contributed by atoms with E-state index in [0.29, 0.717) is 54.6 Å². The van der Waals surface area contributed by atoms with Crippen molar-refractivity contribution in [2.24, 2.45) is 0 Å². The molecule has 29 heavy (non-hydrogen) atoms. The fourth-order valence-electron chi connectivity index (χ4n) is 2.62. The monoisotopic (exact) mass is 430 g/mol. The van der Waals surface area contributed by atoms with Gasteiger partial charge in [-0.2, -0.15) is 10.5 Å². The number of allylic oxidation sites excluding steroid dienone is 1. The van der Waals surface area contributed by atoms with E-state index in [9.17, 15) is 20.1 Å². The summed E-state index contributed by atoms with van der Waals surface area (Å²) in [6.07, 6.45) is 2.15. The number of carbonyl (C=O) groups is 2. The van der Waals surface area contributed by atoms with Crippen LogP contribution in [0.2, 0.25) is 0 Å². The molecule has 0 saturated carbocycles. The van der Waals surface area contributed by atoms with Gasteiger partial charge in [0.25, 0.3) is 0 Å². The van der Waals surface area contributed by atoms with Crippen molar-refractivity contribution in [2.75, 3.05) is 13.2 Å². The van der Waals surface area contributed by atoms with E-state index in [4.69, 9.17) is 9.47 Å². The lowest BCUT2D eigenvalue weighted by atomic mass is 10.2. The van der Waals surface area contributed by atoms with Gasteiger partial charge in [-0.15, -0.1) is 0 Å². The highest BCUT2D eigenvalue weighted by Gasteiger charge is 2.30. The van der Waals surface area contributed by atoms with Crippen LogP contribution >= 0.6 is 23.5 Å². The van der Waals surface area contributed by atoms with Gasteiger partial charge >= 0.3 is 0 Å². The molecule has 0 fully saturated rings. The van der Waals surface area contributed by atoms with Crippen molar-refractivity contribution in [2.45, 2.75) is 56.2 Å². The van der Waals surface area contributed by atoms with Crippen molar-refractivity contribution >= 4 is 35.1 Å². The van der Waals surface area contributed by atoms with Crippen LogP contribution in [0.3, 0.4) is 0 Å². The van der Waals surface area contributed by atoms with Gasteiger partial charge < -0.3 is 19.1 Å². The molecule has 0 atom stereocenters. The fraction of sp³-hybridized carbons (Fsp3) is 0.429. The average molecular weight is 431 g/mol. The summed E-state index contributed by atoms with van der Waals surface area (Å²) in [6, 6.07) is 5.74. The molecule has 152 valence electrons. The maximum atomic E-state index is 11.1. The zero-order valence-corrected chi connectivity index (χ0v) is 18.3. The Morgan fingerprint density at radius 3 is 2.07 bits per heavy atom. The minimum absolute atomic E-state index is 0.0545. The second-order valence-corrected chi connectivity index (χ2v) is 8.88. The van der Waals surface area contributed by atoms with E-state index < -0.39 is 0 Å². The molecule has 0 saturated heterocycles. The molecular formula is C21H22N2O4S2. The van der Waals surface area contributed by atoms with Crippen LogP contribution in [-0.4, -0.2) is 24.8 Å². The maximum absolute atomic E-state index is 11.1. The smallest absolute Gasteiger partial charge is 0.150 e. The summed E-state index contributed by atoms with van der Waals surface area (Å²) >= 11 is 2.65. The fourth-order valence-corrected chi connectivity index (χ4v) is 5.20. The summed E-state index contributed by atoms with van der Waals surface area (Å²) < 4.78 is 12.5. The molecule has 0 amide bonds. The number of hydrogen-bond donors (Lipinski definition) is 0. The minimum Gasteiger partial charge on any atom is -0.492 e.